The van der Waals surface area contributed by atoms with Crippen LogP contribution in [0.15, 0.2) is 54.7 Å². The SMILES string of the molecule is COCCNC(=O)c1ccc(Nc2nccc(-c3ccc(NC(=O)C4CC4)c(C#N)c3)n2)cc1. The molecule has 1 saturated carbocycles. The van der Waals surface area contributed by atoms with Crippen molar-refractivity contribution >= 4 is 29.1 Å². The summed E-state index contributed by atoms with van der Waals surface area (Å²) in [6.45, 7) is 0.893. The van der Waals surface area contributed by atoms with Crippen molar-refractivity contribution in [2.24, 2.45) is 5.92 Å². The number of carbonyl (C=O) groups excluding carboxylic acids is 2. The molecule has 0 aliphatic heterocycles. The quantitative estimate of drug-likeness (QED) is 0.420. The zero-order valence-electron chi connectivity index (χ0n) is 18.7. The Morgan fingerprint density at radius 2 is 1.94 bits per heavy atom. The largest absolute Gasteiger partial charge is 0.383 e. The van der Waals surface area contributed by atoms with Gasteiger partial charge in [0.15, 0.2) is 0 Å². The number of rotatable bonds is 9. The standard InChI is InChI=1S/C25H24N6O3/c1-34-13-12-27-23(32)16-4-7-20(8-5-16)29-25-28-11-10-22(31-25)18-6-9-21(19(14-18)15-26)30-24(33)17-2-3-17/h4-11,14,17H,2-3,12-13H2,1H3,(H,27,32)(H,30,33)(H,28,29,31). The van der Waals surface area contributed by atoms with Crippen molar-refractivity contribution < 1.29 is 14.3 Å². The summed E-state index contributed by atoms with van der Waals surface area (Å²) in [6.07, 6.45) is 3.41. The van der Waals surface area contributed by atoms with Crippen LogP contribution in [0.25, 0.3) is 11.3 Å². The highest BCUT2D eigenvalue weighted by Crippen LogP contribution is 2.31. The van der Waals surface area contributed by atoms with E-state index in [2.05, 4.69) is 32.0 Å². The number of methoxy groups -OCH3 is 1. The van der Waals surface area contributed by atoms with E-state index in [0.717, 1.165) is 24.1 Å². The van der Waals surface area contributed by atoms with Crippen LogP contribution in [0.3, 0.4) is 0 Å². The van der Waals surface area contributed by atoms with Gasteiger partial charge in [0.1, 0.15) is 6.07 Å². The minimum Gasteiger partial charge on any atom is -0.383 e. The molecule has 2 amide bonds. The minimum atomic E-state index is -0.174. The van der Waals surface area contributed by atoms with Crippen LogP contribution in [0.2, 0.25) is 0 Å². The van der Waals surface area contributed by atoms with Crippen LogP contribution in [-0.4, -0.2) is 42.0 Å². The molecule has 0 saturated heterocycles. The van der Waals surface area contributed by atoms with Gasteiger partial charge in [0.25, 0.3) is 5.91 Å². The molecule has 9 nitrogen and oxygen atoms in total. The van der Waals surface area contributed by atoms with Gasteiger partial charge in [-0.2, -0.15) is 5.26 Å². The highest BCUT2D eigenvalue weighted by Gasteiger charge is 2.30. The number of nitrogens with zero attached hydrogens (tertiary/aromatic N) is 3. The Balaban J connectivity index is 1.45. The molecule has 9 heteroatoms. The summed E-state index contributed by atoms with van der Waals surface area (Å²) >= 11 is 0. The number of nitriles is 1. The van der Waals surface area contributed by atoms with Crippen LogP contribution in [0.4, 0.5) is 17.3 Å². The second kappa shape index (κ2) is 10.6. The van der Waals surface area contributed by atoms with E-state index in [4.69, 9.17) is 4.74 Å². The Morgan fingerprint density at radius 3 is 2.65 bits per heavy atom. The molecule has 0 unspecified atom stereocenters. The molecule has 0 bridgehead atoms. The van der Waals surface area contributed by atoms with E-state index < -0.39 is 0 Å². The van der Waals surface area contributed by atoms with Gasteiger partial charge in [0.2, 0.25) is 11.9 Å². The van der Waals surface area contributed by atoms with E-state index in [-0.39, 0.29) is 17.7 Å². The maximum atomic E-state index is 12.1. The van der Waals surface area contributed by atoms with Gasteiger partial charge in [-0.25, -0.2) is 9.97 Å². The normalized spacial score (nSPS) is 12.5. The number of nitrogens with one attached hydrogen (secondary N) is 3. The molecule has 1 aliphatic carbocycles. The van der Waals surface area contributed by atoms with Crippen molar-refractivity contribution in [3.8, 4) is 17.3 Å². The highest BCUT2D eigenvalue weighted by molar-refractivity contribution is 5.95. The van der Waals surface area contributed by atoms with Crippen LogP contribution in [-0.2, 0) is 9.53 Å². The zero-order valence-corrected chi connectivity index (χ0v) is 18.7. The molecule has 3 aromatic rings. The Kier molecular flexibility index (Phi) is 7.10. The van der Waals surface area contributed by atoms with E-state index in [1.165, 1.54) is 0 Å². The molecule has 0 radical (unpaired) electrons. The summed E-state index contributed by atoms with van der Waals surface area (Å²) in [5.74, 6) is 0.211. The first kappa shape index (κ1) is 22.9. The maximum Gasteiger partial charge on any atom is 0.251 e. The minimum absolute atomic E-state index is 0.0451. The molecule has 1 aromatic heterocycles. The van der Waals surface area contributed by atoms with Crippen LogP contribution < -0.4 is 16.0 Å². The van der Waals surface area contributed by atoms with Gasteiger partial charge in [-0.3, -0.25) is 9.59 Å². The number of aromatic nitrogens is 2. The summed E-state index contributed by atoms with van der Waals surface area (Å²) in [6, 6.07) is 16.1. The number of hydrogen-bond acceptors (Lipinski definition) is 7. The van der Waals surface area contributed by atoms with Crippen LogP contribution in [0.1, 0.15) is 28.8 Å². The molecule has 2 aromatic carbocycles. The first-order valence-electron chi connectivity index (χ1n) is 10.9. The molecular formula is C25H24N6O3. The van der Waals surface area contributed by atoms with Crippen LogP contribution >= 0.6 is 0 Å². The molecule has 1 fully saturated rings. The number of amides is 2. The molecule has 4 rings (SSSR count). The van der Waals surface area contributed by atoms with Crippen molar-refractivity contribution in [1.82, 2.24) is 15.3 Å². The summed E-state index contributed by atoms with van der Waals surface area (Å²) < 4.78 is 4.93. The smallest absolute Gasteiger partial charge is 0.251 e. The topological polar surface area (TPSA) is 129 Å². The lowest BCUT2D eigenvalue weighted by Gasteiger charge is -2.10. The Morgan fingerprint density at radius 1 is 1.15 bits per heavy atom. The molecule has 0 spiro atoms. The fourth-order valence-corrected chi connectivity index (χ4v) is 3.27. The molecular weight excluding hydrogens is 432 g/mol. The lowest BCUT2D eigenvalue weighted by molar-refractivity contribution is -0.117. The lowest BCUT2D eigenvalue weighted by Crippen LogP contribution is -2.26. The number of benzene rings is 2. The van der Waals surface area contributed by atoms with Crippen molar-refractivity contribution in [1.29, 1.82) is 5.26 Å². The fraction of sp³-hybridized carbons (Fsp3) is 0.240. The van der Waals surface area contributed by atoms with E-state index in [0.29, 0.717) is 41.6 Å². The number of carbonyl (C=O) groups is 2. The molecule has 0 atom stereocenters. The van der Waals surface area contributed by atoms with Gasteiger partial charge in [-0.05, 0) is 55.3 Å². The first-order chi connectivity index (χ1) is 16.6. The molecule has 172 valence electrons. The molecule has 34 heavy (non-hydrogen) atoms. The van der Waals surface area contributed by atoms with Crippen LogP contribution in [0, 0.1) is 17.2 Å². The summed E-state index contributed by atoms with van der Waals surface area (Å²) in [4.78, 5) is 33.0. The van der Waals surface area contributed by atoms with Crippen molar-refractivity contribution in [2.75, 3.05) is 30.9 Å². The van der Waals surface area contributed by atoms with E-state index in [9.17, 15) is 14.9 Å². The fourth-order valence-electron chi connectivity index (χ4n) is 3.27. The van der Waals surface area contributed by atoms with Crippen molar-refractivity contribution in [2.45, 2.75) is 12.8 Å². The van der Waals surface area contributed by atoms with Gasteiger partial charge in [-0.1, -0.05) is 6.07 Å². The highest BCUT2D eigenvalue weighted by atomic mass is 16.5. The van der Waals surface area contributed by atoms with Gasteiger partial charge < -0.3 is 20.7 Å². The Labute approximate surface area is 197 Å². The van der Waals surface area contributed by atoms with Crippen LogP contribution in [0.5, 0.6) is 0 Å². The molecule has 3 N–H and O–H groups in total. The summed E-state index contributed by atoms with van der Waals surface area (Å²) in [7, 11) is 1.58. The second-order valence-corrected chi connectivity index (χ2v) is 7.85. The Bertz CT molecular complexity index is 1230. The molecule has 1 heterocycles. The van der Waals surface area contributed by atoms with E-state index in [1.54, 1.807) is 55.8 Å². The Hall–Kier alpha value is -4.29. The number of hydrogen-bond donors (Lipinski definition) is 3. The van der Waals surface area contributed by atoms with E-state index >= 15 is 0 Å². The summed E-state index contributed by atoms with van der Waals surface area (Å²) in [5, 5.41) is 18.3. The lowest BCUT2D eigenvalue weighted by atomic mass is 10.1. The van der Waals surface area contributed by atoms with Gasteiger partial charge >= 0.3 is 0 Å². The zero-order chi connectivity index (χ0) is 23.9. The van der Waals surface area contributed by atoms with Crippen molar-refractivity contribution in [3.05, 3.63) is 65.9 Å². The van der Waals surface area contributed by atoms with Crippen molar-refractivity contribution in [3.63, 3.8) is 0 Å². The third kappa shape index (κ3) is 5.74. The predicted molar refractivity (Wildman–Crippen MR) is 127 cm³/mol. The third-order valence-electron chi connectivity index (χ3n) is 5.29. The third-order valence-corrected chi connectivity index (χ3v) is 5.29. The number of anilines is 3. The predicted octanol–water partition coefficient (Wildman–Crippen LogP) is 3.48. The average Bonchev–Trinajstić information content (AvgIpc) is 3.71. The monoisotopic (exact) mass is 456 g/mol. The maximum absolute atomic E-state index is 12.1. The van der Waals surface area contributed by atoms with E-state index in [1.807, 2.05) is 6.07 Å². The molecule has 1 aliphatic rings. The number of ether oxygens (including phenoxy) is 1. The summed E-state index contributed by atoms with van der Waals surface area (Å²) in [5.41, 5.74) is 3.49. The van der Waals surface area contributed by atoms with Gasteiger partial charge in [0.05, 0.1) is 23.6 Å². The van der Waals surface area contributed by atoms with Gasteiger partial charge in [-0.15, -0.1) is 0 Å². The second-order valence-electron chi connectivity index (χ2n) is 7.85. The van der Waals surface area contributed by atoms with Gasteiger partial charge in [0, 0.05) is 42.6 Å². The average molecular weight is 457 g/mol. The first-order valence-corrected chi connectivity index (χ1v) is 10.9.